The maximum absolute atomic E-state index is 11.8. The summed E-state index contributed by atoms with van der Waals surface area (Å²) in [5.41, 5.74) is 1.68. The molecule has 0 aliphatic carbocycles. The summed E-state index contributed by atoms with van der Waals surface area (Å²) in [6.45, 7) is 5.49. The molecular formula is C11H20N2O5. The van der Waals surface area contributed by atoms with Gasteiger partial charge >= 0.3 is 12.0 Å². The molecule has 104 valence electrons. The lowest BCUT2D eigenvalue weighted by Gasteiger charge is -2.35. The molecule has 0 radical (unpaired) electrons. The predicted molar refractivity (Wildman–Crippen MR) is 62.7 cm³/mol. The summed E-state index contributed by atoms with van der Waals surface area (Å²) in [4.78, 5) is 29.1. The van der Waals surface area contributed by atoms with Crippen LogP contribution in [0.1, 0.15) is 33.6 Å². The van der Waals surface area contributed by atoms with Gasteiger partial charge in [-0.15, -0.1) is 0 Å². The Bertz CT molecular complexity index is 326. The van der Waals surface area contributed by atoms with Gasteiger partial charge in [0.05, 0.1) is 11.7 Å². The van der Waals surface area contributed by atoms with Gasteiger partial charge in [-0.1, -0.05) is 0 Å². The molecule has 1 heterocycles. The molecule has 0 aromatic carbocycles. The van der Waals surface area contributed by atoms with E-state index in [2.05, 4.69) is 5.48 Å². The van der Waals surface area contributed by atoms with Crippen molar-refractivity contribution >= 4 is 12.0 Å². The minimum absolute atomic E-state index is 0.0400. The molecule has 7 nitrogen and oxygen atoms in total. The smallest absolute Gasteiger partial charge is 0.342 e. The van der Waals surface area contributed by atoms with Crippen molar-refractivity contribution in [1.29, 1.82) is 0 Å². The van der Waals surface area contributed by atoms with E-state index in [1.54, 1.807) is 20.8 Å². The van der Waals surface area contributed by atoms with Crippen molar-refractivity contribution in [1.82, 2.24) is 10.4 Å². The van der Waals surface area contributed by atoms with E-state index < -0.39 is 29.7 Å². The van der Waals surface area contributed by atoms with Gasteiger partial charge in [-0.05, 0) is 27.2 Å². The maximum atomic E-state index is 11.8. The molecule has 0 unspecified atom stereocenters. The number of carboxylic acids is 1. The number of hydrogen-bond acceptors (Lipinski definition) is 4. The van der Waals surface area contributed by atoms with E-state index in [1.165, 1.54) is 4.90 Å². The highest BCUT2D eigenvalue weighted by Gasteiger charge is 2.36. The van der Waals surface area contributed by atoms with Gasteiger partial charge < -0.3 is 15.1 Å². The Labute approximate surface area is 106 Å². The van der Waals surface area contributed by atoms with Crippen LogP contribution in [0.4, 0.5) is 4.79 Å². The largest absolute Gasteiger partial charge is 0.480 e. The number of hydroxylamine groups is 1. The van der Waals surface area contributed by atoms with Gasteiger partial charge in [0.1, 0.15) is 6.04 Å². The second kappa shape index (κ2) is 5.53. The minimum Gasteiger partial charge on any atom is -0.480 e. The third-order valence-electron chi connectivity index (χ3n) is 2.57. The summed E-state index contributed by atoms with van der Waals surface area (Å²) in [6, 6.07) is -1.61. The highest BCUT2D eigenvalue weighted by atomic mass is 16.7. The summed E-state index contributed by atoms with van der Waals surface area (Å²) in [7, 11) is 0. The molecule has 18 heavy (non-hydrogen) atoms. The zero-order valence-electron chi connectivity index (χ0n) is 10.8. The van der Waals surface area contributed by atoms with E-state index in [0.717, 1.165) is 0 Å². The maximum Gasteiger partial charge on any atom is 0.342 e. The second-order valence-electron chi connectivity index (χ2n) is 5.35. The van der Waals surface area contributed by atoms with Gasteiger partial charge in [0.25, 0.3) is 0 Å². The summed E-state index contributed by atoms with van der Waals surface area (Å²) in [6.07, 6.45) is -0.274. The molecule has 0 bridgehead atoms. The van der Waals surface area contributed by atoms with Crippen molar-refractivity contribution in [3.63, 3.8) is 0 Å². The topological polar surface area (TPSA) is 99.1 Å². The number of nitrogens with zero attached hydrogens (tertiary/aromatic N) is 1. The average molecular weight is 260 g/mol. The lowest BCUT2D eigenvalue weighted by molar-refractivity contribution is -0.145. The van der Waals surface area contributed by atoms with Crippen LogP contribution in [0.15, 0.2) is 0 Å². The molecule has 2 amide bonds. The van der Waals surface area contributed by atoms with Crippen molar-refractivity contribution in [2.75, 3.05) is 6.54 Å². The fourth-order valence-electron chi connectivity index (χ4n) is 1.68. The Morgan fingerprint density at radius 1 is 1.39 bits per heavy atom. The fourth-order valence-corrected chi connectivity index (χ4v) is 1.68. The number of urea groups is 1. The highest BCUT2D eigenvalue weighted by molar-refractivity contribution is 5.82. The number of aliphatic carboxylic acids is 1. The highest BCUT2D eigenvalue weighted by Crippen LogP contribution is 2.18. The summed E-state index contributed by atoms with van der Waals surface area (Å²) in [5, 5.41) is 18.5. The molecule has 0 spiro atoms. The van der Waals surface area contributed by atoms with Gasteiger partial charge in [-0.3, -0.25) is 4.84 Å². The van der Waals surface area contributed by atoms with Crippen LogP contribution in [-0.4, -0.2) is 51.4 Å². The van der Waals surface area contributed by atoms with Crippen molar-refractivity contribution in [2.45, 2.75) is 51.4 Å². The fraction of sp³-hybridized carbons (Fsp3) is 0.818. The first kappa shape index (κ1) is 14.7. The number of nitrogens with one attached hydrogen (secondary N) is 1. The molecule has 1 fully saturated rings. The number of amides is 2. The number of piperidine rings is 1. The Morgan fingerprint density at radius 2 is 2.00 bits per heavy atom. The van der Waals surface area contributed by atoms with E-state index in [1.807, 2.05) is 0 Å². The number of hydrogen-bond donors (Lipinski definition) is 3. The van der Waals surface area contributed by atoms with Gasteiger partial charge in [0, 0.05) is 13.0 Å². The molecule has 1 saturated heterocycles. The molecule has 1 aliphatic heterocycles. The molecular weight excluding hydrogens is 240 g/mol. The van der Waals surface area contributed by atoms with Crippen molar-refractivity contribution in [2.24, 2.45) is 0 Å². The summed E-state index contributed by atoms with van der Waals surface area (Å²) in [5.74, 6) is -1.13. The summed E-state index contributed by atoms with van der Waals surface area (Å²) < 4.78 is 0. The van der Waals surface area contributed by atoms with Crippen LogP contribution in [0.25, 0.3) is 0 Å². The molecule has 2 atom stereocenters. The van der Waals surface area contributed by atoms with Crippen molar-refractivity contribution in [3.05, 3.63) is 0 Å². The Morgan fingerprint density at radius 3 is 2.50 bits per heavy atom. The van der Waals surface area contributed by atoms with Crippen LogP contribution in [0.2, 0.25) is 0 Å². The lowest BCUT2D eigenvalue weighted by Crippen LogP contribution is -2.55. The number of carboxylic acid groups (broad SMARTS) is 1. The Kier molecular flexibility index (Phi) is 4.53. The van der Waals surface area contributed by atoms with Crippen molar-refractivity contribution in [3.8, 4) is 0 Å². The number of aliphatic hydroxyl groups excluding tert-OH is 1. The van der Waals surface area contributed by atoms with Crippen LogP contribution in [0, 0.1) is 0 Å². The first-order valence-corrected chi connectivity index (χ1v) is 5.86. The van der Waals surface area contributed by atoms with Crippen LogP contribution in [0.5, 0.6) is 0 Å². The Hall–Kier alpha value is -1.34. The van der Waals surface area contributed by atoms with E-state index in [4.69, 9.17) is 9.94 Å². The first-order valence-electron chi connectivity index (χ1n) is 5.86. The van der Waals surface area contributed by atoms with Gasteiger partial charge in [-0.25, -0.2) is 15.1 Å². The van der Waals surface area contributed by atoms with Crippen LogP contribution < -0.4 is 5.48 Å². The zero-order chi connectivity index (χ0) is 13.9. The molecule has 1 rings (SSSR count). The molecule has 0 aromatic heterocycles. The van der Waals surface area contributed by atoms with Crippen LogP contribution >= 0.6 is 0 Å². The molecule has 3 N–H and O–H groups in total. The quantitative estimate of drug-likeness (QED) is 0.622. The van der Waals surface area contributed by atoms with E-state index in [-0.39, 0.29) is 13.0 Å². The number of likely N-dealkylation sites (tertiary alicyclic amines) is 1. The van der Waals surface area contributed by atoms with Crippen LogP contribution in [0.3, 0.4) is 0 Å². The van der Waals surface area contributed by atoms with E-state index >= 15 is 0 Å². The third-order valence-corrected chi connectivity index (χ3v) is 2.57. The SMILES string of the molecule is CC(C)(C)ONC(=O)N1CC[C@H](O)C[C@H]1C(=O)O. The number of aliphatic hydroxyl groups is 1. The molecule has 0 aromatic rings. The zero-order valence-corrected chi connectivity index (χ0v) is 10.8. The normalized spacial score (nSPS) is 24.8. The third kappa shape index (κ3) is 4.15. The van der Waals surface area contributed by atoms with Crippen molar-refractivity contribution < 1.29 is 24.6 Å². The van der Waals surface area contributed by atoms with E-state index in [0.29, 0.717) is 6.42 Å². The average Bonchev–Trinajstić information content (AvgIpc) is 2.24. The first-order chi connectivity index (χ1) is 8.20. The van der Waals surface area contributed by atoms with Gasteiger partial charge in [-0.2, -0.15) is 0 Å². The second-order valence-corrected chi connectivity index (χ2v) is 5.35. The monoisotopic (exact) mass is 260 g/mol. The minimum atomic E-state index is -1.13. The van der Waals surface area contributed by atoms with Gasteiger partial charge in [0.15, 0.2) is 0 Å². The van der Waals surface area contributed by atoms with Crippen LogP contribution in [-0.2, 0) is 9.63 Å². The van der Waals surface area contributed by atoms with E-state index in [9.17, 15) is 14.7 Å². The predicted octanol–water partition coefficient (Wildman–Crippen LogP) is 0.336. The lowest BCUT2D eigenvalue weighted by atomic mass is 10.00. The van der Waals surface area contributed by atoms with Gasteiger partial charge in [0.2, 0.25) is 0 Å². The summed E-state index contributed by atoms with van der Waals surface area (Å²) >= 11 is 0. The molecule has 0 saturated carbocycles. The standard InChI is InChI=1S/C11H20N2O5/c1-11(2,3)18-12-10(17)13-5-4-7(14)6-8(13)9(15)16/h7-8,14H,4-6H2,1-3H3,(H,12,17)(H,15,16)/t7-,8-/m0/s1. The number of rotatable bonds is 2. The Balaban J connectivity index is 2.62. The number of carbonyl (C=O) groups is 2. The molecule has 1 aliphatic rings. The number of carbonyl (C=O) groups excluding carboxylic acids is 1. The molecule has 7 heteroatoms.